The maximum Gasteiger partial charge on any atom is 0.120 e. The molecule has 0 radical (unpaired) electrons. The van der Waals surface area contributed by atoms with Gasteiger partial charge in [-0.1, -0.05) is 60.7 Å². The molecule has 0 aliphatic carbocycles. The fraction of sp³-hybridized carbons (Fsp3) is 0.176. The SMILES string of the molecule is O.O.O=S(=O)([O-])[O-].[NH3+]CCc1c[nH]c2ccc(OCc3ccccc3)cc12.[NH3+]CCc1c[nH]c2ccc(OCc3ccccc3)cc12. The number of hydrogen-bond donors (Lipinski definition) is 4. The van der Waals surface area contributed by atoms with Crippen molar-refractivity contribution in [3.05, 3.63) is 132 Å². The molecule has 0 amide bonds. The summed E-state index contributed by atoms with van der Waals surface area (Å²) in [6.45, 7) is 3.01. The van der Waals surface area contributed by atoms with Gasteiger partial charge in [-0.25, -0.2) is 0 Å². The maximum absolute atomic E-state index is 8.52. The predicted molar refractivity (Wildman–Crippen MR) is 179 cm³/mol. The van der Waals surface area contributed by atoms with Gasteiger partial charge >= 0.3 is 0 Å². The van der Waals surface area contributed by atoms with Crippen LogP contribution in [0.3, 0.4) is 0 Å². The Hall–Kier alpha value is -4.73. The lowest BCUT2D eigenvalue weighted by atomic mass is 10.1. The Morgan fingerprint density at radius 3 is 1.30 bits per heavy atom. The van der Waals surface area contributed by atoms with E-state index >= 15 is 0 Å². The lowest BCUT2D eigenvalue weighted by Gasteiger charge is -2.06. The van der Waals surface area contributed by atoms with E-state index in [1.54, 1.807) is 0 Å². The number of aromatic amines is 2. The Morgan fingerprint density at radius 2 is 0.957 bits per heavy atom. The van der Waals surface area contributed by atoms with Crippen LogP contribution in [0.1, 0.15) is 22.3 Å². The summed E-state index contributed by atoms with van der Waals surface area (Å²) in [5.41, 5.74) is 15.1. The molecular weight excluding hydrogens is 624 g/mol. The highest BCUT2D eigenvalue weighted by molar-refractivity contribution is 7.79. The molecule has 13 heteroatoms. The minimum atomic E-state index is -5.17. The third-order valence-corrected chi connectivity index (χ3v) is 6.87. The predicted octanol–water partition coefficient (Wildman–Crippen LogP) is 2.08. The summed E-state index contributed by atoms with van der Waals surface area (Å²) in [4.78, 5) is 6.58. The van der Waals surface area contributed by atoms with Crippen molar-refractivity contribution in [1.29, 1.82) is 0 Å². The lowest BCUT2D eigenvalue weighted by Crippen LogP contribution is -2.51. The van der Waals surface area contributed by atoms with Gasteiger partial charge in [0.25, 0.3) is 0 Å². The normalized spacial score (nSPS) is 10.5. The molecule has 0 unspecified atom stereocenters. The van der Waals surface area contributed by atoms with Crippen LogP contribution in [0.5, 0.6) is 11.5 Å². The van der Waals surface area contributed by atoms with E-state index in [2.05, 4.69) is 82.4 Å². The highest BCUT2D eigenvalue weighted by Crippen LogP contribution is 2.25. The van der Waals surface area contributed by atoms with Crippen LogP contribution in [0.15, 0.2) is 109 Å². The van der Waals surface area contributed by atoms with Gasteiger partial charge in [0.05, 0.1) is 13.1 Å². The summed E-state index contributed by atoms with van der Waals surface area (Å²) in [6.07, 6.45) is 6.11. The van der Waals surface area contributed by atoms with E-state index in [-0.39, 0.29) is 11.0 Å². The Bertz CT molecular complexity index is 1750. The first-order valence-corrected chi connectivity index (χ1v) is 15.9. The number of aromatic nitrogens is 2. The van der Waals surface area contributed by atoms with Crippen molar-refractivity contribution in [1.82, 2.24) is 9.97 Å². The first kappa shape index (κ1) is 38.5. The molecule has 2 heterocycles. The average molecular weight is 667 g/mol. The molecule has 0 spiro atoms. The second-order valence-corrected chi connectivity index (χ2v) is 11.0. The Labute approximate surface area is 273 Å². The summed E-state index contributed by atoms with van der Waals surface area (Å²) in [6, 6.07) is 32.8. The van der Waals surface area contributed by atoms with Gasteiger partial charge in [0.1, 0.15) is 24.7 Å². The fourth-order valence-electron chi connectivity index (χ4n) is 4.77. The minimum absolute atomic E-state index is 0. The van der Waals surface area contributed by atoms with E-state index in [9.17, 15) is 0 Å². The molecule has 6 aromatic rings. The standard InChI is InChI=1S/2C17H18N2O.H2O4S.2H2O/c2*18-9-8-14-11-19-17-7-6-15(10-16(14)17)20-12-13-4-2-1-3-5-13;1-5(2,3)4;;/h2*1-7,10-11,19H,8-9,12,18H2;(H2,1,2,3,4);2*1H2. The topological polar surface area (TPSA) is 249 Å². The molecule has 4 aromatic carbocycles. The number of rotatable bonds is 10. The molecule has 6 rings (SSSR count). The van der Waals surface area contributed by atoms with Crippen molar-refractivity contribution >= 4 is 32.2 Å². The van der Waals surface area contributed by atoms with Gasteiger partial charge in [-0.05, 0) is 58.7 Å². The van der Waals surface area contributed by atoms with Crippen molar-refractivity contribution in [2.45, 2.75) is 26.1 Å². The molecule has 0 aliphatic heterocycles. The van der Waals surface area contributed by atoms with Gasteiger partial charge in [0.15, 0.2) is 0 Å². The van der Waals surface area contributed by atoms with Crippen LogP contribution in [0.25, 0.3) is 21.8 Å². The lowest BCUT2D eigenvalue weighted by molar-refractivity contribution is -0.367. The van der Waals surface area contributed by atoms with E-state index in [0.29, 0.717) is 13.2 Å². The van der Waals surface area contributed by atoms with Crippen molar-refractivity contribution in [2.75, 3.05) is 13.1 Å². The molecule has 0 aliphatic rings. The highest BCUT2D eigenvalue weighted by atomic mass is 32.3. The number of nitrogens with one attached hydrogen (secondary N) is 2. The van der Waals surface area contributed by atoms with Gasteiger partial charge in [-0.15, -0.1) is 0 Å². The van der Waals surface area contributed by atoms with E-state index in [4.69, 9.17) is 27.0 Å². The van der Waals surface area contributed by atoms with Crippen molar-refractivity contribution < 1.29 is 49.4 Å². The van der Waals surface area contributed by atoms with E-state index in [1.165, 1.54) is 33.0 Å². The molecular formula is C34H42N4O8S. The van der Waals surface area contributed by atoms with Crippen molar-refractivity contribution in [3.8, 4) is 11.5 Å². The Morgan fingerprint density at radius 1 is 0.596 bits per heavy atom. The second-order valence-electron chi connectivity index (χ2n) is 10.2. The third kappa shape index (κ3) is 12.5. The van der Waals surface area contributed by atoms with Crippen LogP contribution in [-0.4, -0.2) is 51.5 Å². The van der Waals surface area contributed by atoms with Crippen LogP contribution in [-0.2, 0) is 36.5 Å². The van der Waals surface area contributed by atoms with Gasteiger partial charge in [-0.3, -0.25) is 8.42 Å². The largest absolute Gasteiger partial charge is 0.759 e. The molecule has 252 valence electrons. The molecule has 0 bridgehead atoms. The summed E-state index contributed by atoms with van der Waals surface area (Å²) < 4.78 is 45.8. The maximum atomic E-state index is 8.52. The molecule has 2 aromatic heterocycles. The zero-order valence-electron chi connectivity index (χ0n) is 25.9. The Balaban J connectivity index is 0.000000276. The fourth-order valence-corrected chi connectivity index (χ4v) is 4.77. The van der Waals surface area contributed by atoms with Gasteiger partial charge in [-0.2, -0.15) is 0 Å². The first-order valence-electron chi connectivity index (χ1n) is 14.5. The van der Waals surface area contributed by atoms with E-state index in [0.717, 1.165) is 48.5 Å². The van der Waals surface area contributed by atoms with Crippen LogP contribution < -0.4 is 20.9 Å². The van der Waals surface area contributed by atoms with Crippen molar-refractivity contribution in [2.24, 2.45) is 0 Å². The second kappa shape index (κ2) is 19.1. The Kier molecular flexibility index (Phi) is 15.6. The molecule has 12 N–H and O–H groups in total. The number of hydrogen-bond acceptors (Lipinski definition) is 6. The van der Waals surface area contributed by atoms with Crippen LogP contribution >= 0.6 is 0 Å². The molecule has 47 heavy (non-hydrogen) atoms. The molecule has 12 nitrogen and oxygen atoms in total. The summed E-state index contributed by atoms with van der Waals surface area (Å²) in [5, 5.41) is 2.47. The summed E-state index contributed by atoms with van der Waals surface area (Å²) in [5.74, 6) is 1.82. The summed E-state index contributed by atoms with van der Waals surface area (Å²) >= 11 is 0. The zero-order valence-corrected chi connectivity index (χ0v) is 26.7. The third-order valence-electron chi connectivity index (χ3n) is 6.87. The van der Waals surface area contributed by atoms with Crippen LogP contribution in [0.4, 0.5) is 0 Å². The van der Waals surface area contributed by atoms with E-state index in [1.807, 2.05) is 48.5 Å². The number of H-pyrrole nitrogens is 2. The number of quaternary nitrogens is 2. The van der Waals surface area contributed by atoms with Gasteiger partial charge < -0.3 is 51.0 Å². The quantitative estimate of drug-likeness (QED) is 0.126. The number of benzene rings is 4. The van der Waals surface area contributed by atoms with Crippen LogP contribution in [0, 0.1) is 0 Å². The van der Waals surface area contributed by atoms with Crippen LogP contribution in [0.2, 0.25) is 0 Å². The van der Waals surface area contributed by atoms with Gasteiger partial charge in [0.2, 0.25) is 0 Å². The number of fused-ring (bicyclic) bond motifs is 2. The molecule has 0 atom stereocenters. The molecule has 0 saturated heterocycles. The van der Waals surface area contributed by atoms with Crippen molar-refractivity contribution in [3.63, 3.8) is 0 Å². The molecule has 0 fully saturated rings. The first-order chi connectivity index (χ1) is 21.7. The summed E-state index contributed by atoms with van der Waals surface area (Å²) in [7, 11) is -5.17. The molecule has 0 saturated carbocycles. The zero-order chi connectivity index (χ0) is 32.1. The highest BCUT2D eigenvalue weighted by Gasteiger charge is 2.07. The van der Waals surface area contributed by atoms with Gasteiger partial charge in [0, 0.05) is 57.4 Å². The van der Waals surface area contributed by atoms with E-state index < -0.39 is 10.4 Å². The smallest absolute Gasteiger partial charge is 0.120 e. The number of ether oxygens (including phenoxy) is 2. The average Bonchev–Trinajstić information content (AvgIpc) is 3.63. The monoisotopic (exact) mass is 666 g/mol. The minimum Gasteiger partial charge on any atom is -0.759 e.